The van der Waals surface area contributed by atoms with E-state index in [1.807, 2.05) is 12.1 Å². The zero-order valence-electron chi connectivity index (χ0n) is 10.7. The molecule has 0 atom stereocenters. The van der Waals surface area contributed by atoms with Gasteiger partial charge >= 0.3 is 0 Å². The van der Waals surface area contributed by atoms with Crippen LogP contribution in [0.1, 0.15) is 0 Å². The van der Waals surface area contributed by atoms with E-state index >= 15 is 0 Å². The van der Waals surface area contributed by atoms with Gasteiger partial charge in [0.05, 0.1) is 5.69 Å². The topological polar surface area (TPSA) is 63.0 Å². The second-order valence-electron chi connectivity index (χ2n) is 4.69. The number of nitrogens with zero attached hydrogens (tertiary/aromatic N) is 3. The standard InChI is InChI=1S/C15H9FN4O/c16-11-1-2-13-19-12(6-14(21)20(13)8-11)10-5-9-3-4-17-15(9)18-7-10/h1-8H,(H,17,18). The molecule has 5 nitrogen and oxygen atoms in total. The monoisotopic (exact) mass is 280 g/mol. The van der Waals surface area contributed by atoms with E-state index in [-0.39, 0.29) is 5.56 Å². The number of aromatic amines is 1. The Morgan fingerprint density at radius 1 is 1.19 bits per heavy atom. The van der Waals surface area contributed by atoms with Gasteiger partial charge in [-0.05, 0) is 24.3 Å². The summed E-state index contributed by atoms with van der Waals surface area (Å²) in [7, 11) is 0. The zero-order valence-corrected chi connectivity index (χ0v) is 10.7. The van der Waals surface area contributed by atoms with E-state index in [2.05, 4.69) is 15.0 Å². The van der Waals surface area contributed by atoms with E-state index < -0.39 is 5.82 Å². The lowest BCUT2D eigenvalue weighted by Gasteiger charge is -2.04. The quantitative estimate of drug-likeness (QED) is 0.582. The summed E-state index contributed by atoms with van der Waals surface area (Å²) in [4.78, 5) is 23.7. The number of hydrogen-bond donors (Lipinski definition) is 1. The van der Waals surface area contributed by atoms with E-state index in [1.54, 1.807) is 12.4 Å². The van der Waals surface area contributed by atoms with Gasteiger partial charge in [0.1, 0.15) is 17.1 Å². The first kappa shape index (κ1) is 11.8. The number of hydrogen-bond acceptors (Lipinski definition) is 3. The van der Waals surface area contributed by atoms with Crippen molar-refractivity contribution in [2.75, 3.05) is 0 Å². The minimum absolute atomic E-state index is 0.330. The van der Waals surface area contributed by atoms with Crippen molar-refractivity contribution in [2.45, 2.75) is 0 Å². The molecule has 0 aliphatic rings. The Morgan fingerprint density at radius 3 is 3.00 bits per heavy atom. The first-order valence-electron chi connectivity index (χ1n) is 6.33. The van der Waals surface area contributed by atoms with Gasteiger partial charge in [0.25, 0.3) is 5.56 Å². The molecule has 4 aromatic rings. The average molecular weight is 280 g/mol. The number of fused-ring (bicyclic) bond motifs is 2. The van der Waals surface area contributed by atoms with E-state index in [9.17, 15) is 9.18 Å². The zero-order chi connectivity index (χ0) is 14.4. The molecule has 102 valence electrons. The smallest absolute Gasteiger partial charge is 0.258 e. The number of halogens is 1. The van der Waals surface area contributed by atoms with Crippen LogP contribution in [0.5, 0.6) is 0 Å². The van der Waals surface area contributed by atoms with Gasteiger partial charge in [-0.2, -0.15) is 0 Å². The molecule has 6 heteroatoms. The molecule has 0 saturated carbocycles. The highest BCUT2D eigenvalue weighted by Crippen LogP contribution is 2.20. The van der Waals surface area contributed by atoms with Gasteiger partial charge in [-0.25, -0.2) is 14.4 Å². The number of nitrogens with one attached hydrogen (secondary N) is 1. The first-order valence-corrected chi connectivity index (χ1v) is 6.33. The molecule has 4 aromatic heterocycles. The summed E-state index contributed by atoms with van der Waals surface area (Å²) in [5.41, 5.74) is 2.10. The third-order valence-electron chi connectivity index (χ3n) is 3.32. The van der Waals surface area contributed by atoms with Crippen LogP contribution < -0.4 is 5.56 Å². The van der Waals surface area contributed by atoms with E-state index in [0.29, 0.717) is 11.3 Å². The van der Waals surface area contributed by atoms with Gasteiger partial charge in [0, 0.05) is 35.6 Å². The Kier molecular flexibility index (Phi) is 2.38. The summed E-state index contributed by atoms with van der Waals surface area (Å²) >= 11 is 0. The van der Waals surface area contributed by atoms with Crippen molar-refractivity contribution in [1.82, 2.24) is 19.4 Å². The molecule has 0 amide bonds. The summed E-state index contributed by atoms with van der Waals surface area (Å²) in [6, 6.07) is 7.93. The van der Waals surface area contributed by atoms with Crippen LogP contribution in [0.15, 0.2) is 53.7 Å². The molecule has 0 aliphatic carbocycles. The average Bonchev–Trinajstić information content (AvgIpc) is 2.95. The summed E-state index contributed by atoms with van der Waals surface area (Å²) in [6.07, 6.45) is 4.58. The summed E-state index contributed by atoms with van der Waals surface area (Å²) < 4.78 is 14.4. The van der Waals surface area contributed by atoms with Crippen molar-refractivity contribution in [1.29, 1.82) is 0 Å². The number of rotatable bonds is 1. The molecular weight excluding hydrogens is 271 g/mol. The van der Waals surface area contributed by atoms with Crippen LogP contribution >= 0.6 is 0 Å². The maximum Gasteiger partial charge on any atom is 0.258 e. The molecule has 0 fully saturated rings. The van der Waals surface area contributed by atoms with Crippen LogP contribution in [-0.4, -0.2) is 19.4 Å². The third kappa shape index (κ3) is 1.88. The van der Waals surface area contributed by atoms with Gasteiger partial charge < -0.3 is 4.98 Å². The summed E-state index contributed by atoms with van der Waals surface area (Å²) in [5.74, 6) is -0.477. The molecule has 0 aliphatic heterocycles. The van der Waals surface area contributed by atoms with Gasteiger partial charge in [-0.15, -0.1) is 0 Å². The molecule has 0 bridgehead atoms. The van der Waals surface area contributed by atoms with E-state index in [0.717, 1.165) is 22.8 Å². The second-order valence-corrected chi connectivity index (χ2v) is 4.69. The highest BCUT2D eigenvalue weighted by Gasteiger charge is 2.07. The van der Waals surface area contributed by atoms with Crippen molar-refractivity contribution in [3.05, 3.63) is 65.1 Å². The van der Waals surface area contributed by atoms with Crippen molar-refractivity contribution in [3.8, 4) is 11.3 Å². The molecule has 1 N–H and O–H groups in total. The lowest BCUT2D eigenvalue weighted by atomic mass is 10.1. The molecule has 4 rings (SSSR count). The maximum atomic E-state index is 13.2. The van der Waals surface area contributed by atoms with Crippen LogP contribution in [0.2, 0.25) is 0 Å². The molecule has 0 aromatic carbocycles. The molecule has 21 heavy (non-hydrogen) atoms. The predicted molar refractivity (Wildman–Crippen MR) is 76.5 cm³/mol. The number of pyridine rings is 2. The first-order chi connectivity index (χ1) is 10.2. The lowest BCUT2D eigenvalue weighted by Crippen LogP contribution is -2.14. The Labute approximate surface area is 117 Å². The fourth-order valence-electron chi connectivity index (χ4n) is 2.30. The normalized spacial score (nSPS) is 11.3. The predicted octanol–water partition coefficient (Wildman–Crippen LogP) is 2.38. The molecule has 0 radical (unpaired) electrons. The largest absolute Gasteiger partial charge is 0.346 e. The Morgan fingerprint density at radius 2 is 2.10 bits per heavy atom. The van der Waals surface area contributed by atoms with Gasteiger partial charge in [-0.1, -0.05) is 0 Å². The third-order valence-corrected chi connectivity index (χ3v) is 3.32. The van der Waals surface area contributed by atoms with E-state index in [4.69, 9.17) is 0 Å². The molecular formula is C15H9FN4O. The Bertz CT molecular complexity index is 1030. The highest BCUT2D eigenvalue weighted by atomic mass is 19.1. The molecule has 0 spiro atoms. The minimum Gasteiger partial charge on any atom is -0.346 e. The van der Waals surface area contributed by atoms with Crippen molar-refractivity contribution >= 4 is 16.7 Å². The van der Waals surface area contributed by atoms with Gasteiger partial charge in [0.15, 0.2) is 0 Å². The molecule has 0 saturated heterocycles. The van der Waals surface area contributed by atoms with Crippen LogP contribution in [-0.2, 0) is 0 Å². The summed E-state index contributed by atoms with van der Waals surface area (Å²) in [5, 5.41) is 0.939. The Hall–Kier alpha value is -3.02. The summed E-state index contributed by atoms with van der Waals surface area (Å²) in [6.45, 7) is 0. The van der Waals surface area contributed by atoms with Crippen LogP contribution in [0.3, 0.4) is 0 Å². The lowest BCUT2D eigenvalue weighted by molar-refractivity contribution is 0.617. The number of aromatic nitrogens is 4. The Balaban J connectivity index is 1.97. The maximum absolute atomic E-state index is 13.2. The minimum atomic E-state index is -0.477. The van der Waals surface area contributed by atoms with Gasteiger partial charge in [-0.3, -0.25) is 9.20 Å². The molecule has 0 unspecified atom stereocenters. The fraction of sp³-hybridized carbons (Fsp3) is 0. The van der Waals surface area contributed by atoms with Crippen molar-refractivity contribution in [2.24, 2.45) is 0 Å². The second kappa shape index (κ2) is 4.24. The number of H-pyrrole nitrogens is 1. The van der Waals surface area contributed by atoms with Crippen LogP contribution in [0.25, 0.3) is 27.9 Å². The highest BCUT2D eigenvalue weighted by molar-refractivity contribution is 5.80. The van der Waals surface area contributed by atoms with Crippen molar-refractivity contribution in [3.63, 3.8) is 0 Å². The van der Waals surface area contributed by atoms with Crippen LogP contribution in [0.4, 0.5) is 4.39 Å². The fourth-order valence-corrected chi connectivity index (χ4v) is 2.30. The van der Waals surface area contributed by atoms with Gasteiger partial charge in [0.2, 0.25) is 0 Å². The van der Waals surface area contributed by atoms with Crippen LogP contribution in [0, 0.1) is 5.82 Å². The molecule has 4 heterocycles. The van der Waals surface area contributed by atoms with E-state index in [1.165, 1.54) is 22.6 Å². The SMILES string of the molecule is O=c1cc(-c2cnc3[nH]ccc3c2)nc2ccc(F)cn12. The van der Waals surface area contributed by atoms with Crippen molar-refractivity contribution < 1.29 is 4.39 Å².